The minimum atomic E-state index is 0.920. The van der Waals surface area contributed by atoms with Gasteiger partial charge in [-0.2, -0.15) is 0 Å². The first-order chi connectivity index (χ1) is 22.8. The molecular formula is C43H26N2S. The number of para-hydroxylation sites is 1. The molecule has 0 atom stereocenters. The predicted molar refractivity (Wildman–Crippen MR) is 197 cm³/mol. The summed E-state index contributed by atoms with van der Waals surface area (Å²) in [6, 6.07) is 56.8. The first-order valence-corrected chi connectivity index (χ1v) is 16.5. The lowest BCUT2D eigenvalue weighted by molar-refractivity contribution is 1.08. The van der Waals surface area contributed by atoms with E-state index in [9.17, 15) is 0 Å². The van der Waals surface area contributed by atoms with E-state index in [2.05, 4.69) is 162 Å². The average Bonchev–Trinajstić information content (AvgIpc) is 3.68. The Morgan fingerprint density at radius 3 is 1.87 bits per heavy atom. The van der Waals surface area contributed by atoms with Crippen molar-refractivity contribution in [2.75, 3.05) is 0 Å². The maximum atomic E-state index is 5.34. The third kappa shape index (κ3) is 3.73. The van der Waals surface area contributed by atoms with Gasteiger partial charge in [-0.15, -0.1) is 11.3 Å². The van der Waals surface area contributed by atoms with Gasteiger partial charge in [0.25, 0.3) is 0 Å². The summed E-state index contributed by atoms with van der Waals surface area (Å²) in [4.78, 5) is 5.34. The summed E-state index contributed by atoms with van der Waals surface area (Å²) in [5, 5.41) is 10.4. The number of aromatic nitrogens is 2. The highest BCUT2D eigenvalue weighted by Crippen LogP contribution is 2.46. The van der Waals surface area contributed by atoms with Crippen molar-refractivity contribution in [2.24, 2.45) is 0 Å². The summed E-state index contributed by atoms with van der Waals surface area (Å²) in [6.45, 7) is 0. The van der Waals surface area contributed by atoms with Gasteiger partial charge in [0.2, 0.25) is 0 Å². The van der Waals surface area contributed by atoms with E-state index in [0.717, 1.165) is 28.2 Å². The fraction of sp³-hybridized carbons (Fsp3) is 0. The second kappa shape index (κ2) is 9.87. The van der Waals surface area contributed by atoms with Crippen LogP contribution in [0, 0.1) is 0 Å². The summed E-state index contributed by atoms with van der Waals surface area (Å²) in [5.74, 6) is 0.920. The molecule has 0 fully saturated rings. The minimum absolute atomic E-state index is 0.920. The fourth-order valence-electron chi connectivity index (χ4n) is 7.26. The van der Waals surface area contributed by atoms with Crippen LogP contribution < -0.4 is 0 Å². The Kier molecular flexibility index (Phi) is 5.48. The Morgan fingerprint density at radius 1 is 0.413 bits per heavy atom. The molecule has 0 amide bonds. The molecule has 0 spiro atoms. The van der Waals surface area contributed by atoms with Crippen LogP contribution in [0.25, 0.3) is 91.7 Å². The molecule has 3 aromatic heterocycles. The summed E-state index contributed by atoms with van der Waals surface area (Å²) in [5.41, 5.74) is 6.73. The van der Waals surface area contributed by atoms with Gasteiger partial charge in [-0.1, -0.05) is 133 Å². The van der Waals surface area contributed by atoms with Crippen molar-refractivity contribution in [3.8, 4) is 28.2 Å². The van der Waals surface area contributed by atoms with Crippen LogP contribution in [0.5, 0.6) is 0 Å². The van der Waals surface area contributed by atoms with Crippen LogP contribution in [0.2, 0.25) is 0 Å². The molecule has 7 aromatic carbocycles. The third-order valence-corrected chi connectivity index (χ3v) is 10.6. The maximum Gasteiger partial charge on any atom is 0.138 e. The summed E-state index contributed by atoms with van der Waals surface area (Å²) in [6.07, 6.45) is 0. The van der Waals surface area contributed by atoms with E-state index in [1.807, 2.05) is 11.3 Å². The molecule has 10 rings (SSSR count). The van der Waals surface area contributed by atoms with Gasteiger partial charge in [0.05, 0.1) is 16.7 Å². The Bertz CT molecular complexity index is 2730. The van der Waals surface area contributed by atoms with E-state index in [1.165, 1.54) is 63.6 Å². The quantitative estimate of drug-likeness (QED) is 0.184. The fourth-order valence-corrected chi connectivity index (χ4v) is 8.69. The Morgan fingerprint density at radius 2 is 1.04 bits per heavy atom. The first kappa shape index (κ1) is 25.5. The molecule has 3 heteroatoms. The number of rotatable bonds is 3. The van der Waals surface area contributed by atoms with Gasteiger partial charge in [-0.05, 0) is 51.6 Å². The molecule has 0 saturated heterocycles. The van der Waals surface area contributed by atoms with Gasteiger partial charge in [0, 0.05) is 41.9 Å². The number of pyridine rings is 1. The van der Waals surface area contributed by atoms with Crippen molar-refractivity contribution in [1.29, 1.82) is 0 Å². The highest BCUT2D eigenvalue weighted by molar-refractivity contribution is 7.27. The van der Waals surface area contributed by atoms with Gasteiger partial charge < -0.3 is 0 Å². The number of thiophene rings is 1. The molecule has 214 valence electrons. The second-order valence-electron chi connectivity index (χ2n) is 11.9. The van der Waals surface area contributed by atoms with Crippen molar-refractivity contribution in [3.05, 3.63) is 158 Å². The minimum Gasteiger partial charge on any atom is -0.294 e. The lowest BCUT2D eigenvalue weighted by Gasteiger charge is -2.13. The normalized spacial score (nSPS) is 11.9. The molecule has 0 bridgehead atoms. The van der Waals surface area contributed by atoms with Crippen LogP contribution in [0.4, 0.5) is 0 Å². The number of fused-ring (bicyclic) bond motifs is 11. The van der Waals surface area contributed by atoms with E-state index in [4.69, 9.17) is 4.98 Å². The molecule has 0 saturated carbocycles. The molecule has 0 unspecified atom stereocenters. The molecular weight excluding hydrogens is 577 g/mol. The number of hydrogen-bond acceptors (Lipinski definition) is 2. The zero-order valence-corrected chi connectivity index (χ0v) is 25.6. The summed E-state index contributed by atoms with van der Waals surface area (Å²) in [7, 11) is 0. The smallest absolute Gasteiger partial charge is 0.138 e. The van der Waals surface area contributed by atoms with Crippen molar-refractivity contribution >= 4 is 74.9 Å². The van der Waals surface area contributed by atoms with Crippen LogP contribution in [0.3, 0.4) is 0 Å². The molecule has 0 radical (unpaired) electrons. The molecule has 0 aliphatic heterocycles. The highest BCUT2D eigenvalue weighted by atomic mass is 32.1. The summed E-state index contributed by atoms with van der Waals surface area (Å²) < 4.78 is 5.04. The standard InChI is InChI=1S/C43H26N2S/c1-3-11-27(12-4-1)31-25-36(29-14-5-2-6-15-29)44-39(26-31)45-37-18-10-9-17-35(37)41-38(45)24-23-34-33-22-21-30-20-19-28-13-7-8-16-32(28)40(30)42(33)46-43(34)41/h1-26H. The first-order valence-electron chi connectivity index (χ1n) is 15.6. The van der Waals surface area contributed by atoms with E-state index in [-0.39, 0.29) is 0 Å². The van der Waals surface area contributed by atoms with Crippen LogP contribution in [-0.4, -0.2) is 9.55 Å². The zero-order valence-electron chi connectivity index (χ0n) is 24.8. The van der Waals surface area contributed by atoms with Crippen LogP contribution in [0.15, 0.2) is 158 Å². The molecule has 10 aromatic rings. The molecule has 3 heterocycles. The van der Waals surface area contributed by atoms with Crippen molar-refractivity contribution < 1.29 is 0 Å². The van der Waals surface area contributed by atoms with Gasteiger partial charge in [-0.25, -0.2) is 4.98 Å². The lowest BCUT2D eigenvalue weighted by Crippen LogP contribution is -2.00. The SMILES string of the molecule is c1ccc(-c2cc(-c3ccccc3)nc(-n3c4ccccc4c4c5sc6c(ccc7ccc8ccccc8c76)c5ccc43)c2)cc1. The van der Waals surface area contributed by atoms with Gasteiger partial charge in [0.1, 0.15) is 5.82 Å². The summed E-state index contributed by atoms with van der Waals surface area (Å²) >= 11 is 1.93. The largest absolute Gasteiger partial charge is 0.294 e. The lowest BCUT2D eigenvalue weighted by atomic mass is 9.99. The predicted octanol–water partition coefficient (Wildman–Crippen LogP) is 12.2. The average molecular weight is 603 g/mol. The van der Waals surface area contributed by atoms with Crippen molar-refractivity contribution in [1.82, 2.24) is 9.55 Å². The molecule has 0 aliphatic carbocycles. The van der Waals surface area contributed by atoms with Crippen LogP contribution >= 0.6 is 11.3 Å². The molecule has 2 nitrogen and oxygen atoms in total. The van der Waals surface area contributed by atoms with Gasteiger partial charge in [0.15, 0.2) is 0 Å². The monoisotopic (exact) mass is 602 g/mol. The van der Waals surface area contributed by atoms with E-state index < -0.39 is 0 Å². The van der Waals surface area contributed by atoms with Crippen molar-refractivity contribution in [2.45, 2.75) is 0 Å². The third-order valence-electron chi connectivity index (χ3n) is 9.37. The van der Waals surface area contributed by atoms with E-state index in [1.54, 1.807) is 0 Å². The maximum absolute atomic E-state index is 5.34. The molecule has 0 aliphatic rings. The van der Waals surface area contributed by atoms with Gasteiger partial charge in [-0.3, -0.25) is 4.57 Å². The number of nitrogens with zero attached hydrogens (tertiary/aromatic N) is 2. The van der Waals surface area contributed by atoms with E-state index >= 15 is 0 Å². The Labute approximate surface area is 269 Å². The zero-order chi connectivity index (χ0) is 30.2. The van der Waals surface area contributed by atoms with Crippen LogP contribution in [-0.2, 0) is 0 Å². The number of hydrogen-bond donors (Lipinski definition) is 0. The van der Waals surface area contributed by atoms with Gasteiger partial charge >= 0.3 is 0 Å². The van der Waals surface area contributed by atoms with Crippen LogP contribution in [0.1, 0.15) is 0 Å². The molecule has 46 heavy (non-hydrogen) atoms. The number of benzene rings is 7. The highest BCUT2D eigenvalue weighted by Gasteiger charge is 2.20. The van der Waals surface area contributed by atoms with E-state index in [0.29, 0.717) is 0 Å². The Hall–Kier alpha value is -5.77. The molecule has 0 N–H and O–H groups in total. The van der Waals surface area contributed by atoms with Crippen molar-refractivity contribution in [3.63, 3.8) is 0 Å². The second-order valence-corrected chi connectivity index (χ2v) is 13.0. The topological polar surface area (TPSA) is 17.8 Å². The Balaban J connectivity index is 1.32.